The summed E-state index contributed by atoms with van der Waals surface area (Å²) < 4.78 is 13.7. The van der Waals surface area contributed by atoms with Crippen molar-refractivity contribution in [1.82, 2.24) is 25.9 Å². The maximum absolute atomic E-state index is 13.7. The quantitative estimate of drug-likeness (QED) is 0.202. The van der Waals surface area contributed by atoms with Crippen molar-refractivity contribution in [2.24, 2.45) is 0 Å². The van der Waals surface area contributed by atoms with Gasteiger partial charge in [0.25, 0.3) is 0 Å². The third-order valence-corrected chi connectivity index (χ3v) is 6.77. The van der Waals surface area contributed by atoms with E-state index in [9.17, 15) is 14.8 Å². The molecule has 1 atom stereocenters. The summed E-state index contributed by atoms with van der Waals surface area (Å²) in [4.78, 5) is 8.85. The SMILES string of the molecule is N#Cc1cnc2c(Cl)cc(N[C@H](C3=CN(CCO)NN3)c3cscn3)cc2c1Nc1ccc(F)c(Cl)c1. The van der Waals surface area contributed by atoms with Crippen LogP contribution < -0.4 is 21.6 Å². The van der Waals surface area contributed by atoms with Gasteiger partial charge in [0.2, 0.25) is 0 Å². The van der Waals surface area contributed by atoms with Crippen LogP contribution in [-0.2, 0) is 0 Å². The second-order valence-electron chi connectivity index (χ2n) is 8.00. The van der Waals surface area contributed by atoms with Gasteiger partial charge in [-0.05, 0) is 30.3 Å². The molecule has 9 nitrogen and oxygen atoms in total. The van der Waals surface area contributed by atoms with Gasteiger partial charge in [-0.25, -0.2) is 9.37 Å². The first kappa shape index (κ1) is 25.0. The maximum Gasteiger partial charge on any atom is 0.141 e. The Bertz CT molecular complexity index is 1530. The standard InChI is InChI=1S/C24H19Cl2FN8OS/c25-17-6-14(1-2-19(17)27)31-22-13(8-28)9-29-23-16(22)5-15(7-18(23)26)32-24(21-11-37-12-30-21)20-10-35(3-4-36)34-33-20/h1-2,5-7,9-12,24,32-34,36H,3-4H2,(H,29,31)/t24-/m1/s1. The van der Waals surface area contributed by atoms with E-state index in [-0.39, 0.29) is 23.2 Å². The smallest absolute Gasteiger partial charge is 0.141 e. The van der Waals surface area contributed by atoms with Gasteiger partial charge in [-0.3, -0.25) is 9.99 Å². The molecule has 188 valence electrons. The average molecular weight is 557 g/mol. The molecule has 0 saturated carbocycles. The molecule has 0 amide bonds. The molecule has 0 fully saturated rings. The van der Waals surface area contributed by atoms with E-state index < -0.39 is 5.82 Å². The highest BCUT2D eigenvalue weighted by Gasteiger charge is 2.24. The number of nitrogens with one attached hydrogen (secondary N) is 4. The number of aliphatic hydroxyl groups excluding tert-OH is 1. The van der Waals surface area contributed by atoms with Gasteiger partial charge in [0, 0.05) is 34.5 Å². The summed E-state index contributed by atoms with van der Waals surface area (Å²) in [5.41, 5.74) is 11.8. The number of hydrogen-bond acceptors (Lipinski definition) is 10. The number of pyridine rings is 1. The lowest BCUT2D eigenvalue weighted by Crippen LogP contribution is -2.38. The Labute approximate surface area is 225 Å². The van der Waals surface area contributed by atoms with E-state index in [1.54, 1.807) is 16.6 Å². The minimum Gasteiger partial charge on any atom is -0.394 e. The average Bonchev–Trinajstić information content (AvgIpc) is 3.58. The number of nitriles is 1. The van der Waals surface area contributed by atoms with Crippen LogP contribution in [0.1, 0.15) is 17.3 Å². The molecule has 5 rings (SSSR count). The third kappa shape index (κ3) is 5.24. The van der Waals surface area contributed by atoms with E-state index in [4.69, 9.17) is 23.2 Å². The molecule has 1 aliphatic rings. The van der Waals surface area contributed by atoms with E-state index >= 15 is 0 Å². The van der Waals surface area contributed by atoms with Crippen LogP contribution in [0.25, 0.3) is 10.9 Å². The molecular formula is C24H19Cl2FN8OS. The number of hydrazine groups is 2. The molecule has 5 N–H and O–H groups in total. The van der Waals surface area contributed by atoms with Crippen molar-refractivity contribution >= 4 is 62.5 Å². The molecule has 0 radical (unpaired) electrons. The van der Waals surface area contributed by atoms with Crippen molar-refractivity contribution in [3.8, 4) is 6.07 Å². The Morgan fingerprint density at radius 3 is 2.76 bits per heavy atom. The van der Waals surface area contributed by atoms with Gasteiger partial charge in [0.15, 0.2) is 0 Å². The highest BCUT2D eigenvalue weighted by Crippen LogP contribution is 2.37. The highest BCUT2D eigenvalue weighted by atomic mass is 35.5. The van der Waals surface area contributed by atoms with Crippen LogP contribution in [0, 0.1) is 17.1 Å². The highest BCUT2D eigenvalue weighted by molar-refractivity contribution is 7.07. The van der Waals surface area contributed by atoms with Gasteiger partial charge in [-0.15, -0.1) is 16.9 Å². The van der Waals surface area contributed by atoms with Crippen molar-refractivity contribution in [3.63, 3.8) is 0 Å². The zero-order valence-corrected chi connectivity index (χ0v) is 21.3. The summed E-state index contributed by atoms with van der Waals surface area (Å²) in [6, 6.07) is 9.55. The summed E-state index contributed by atoms with van der Waals surface area (Å²) in [6.07, 6.45) is 3.28. The minimum atomic E-state index is -0.545. The van der Waals surface area contributed by atoms with Crippen molar-refractivity contribution in [2.45, 2.75) is 6.04 Å². The van der Waals surface area contributed by atoms with Gasteiger partial charge in [-0.1, -0.05) is 23.2 Å². The summed E-state index contributed by atoms with van der Waals surface area (Å²) in [7, 11) is 0. The van der Waals surface area contributed by atoms with Crippen molar-refractivity contribution < 1.29 is 9.50 Å². The molecule has 0 unspecified atom stereocenters. The van der Waals surface area contributed by atoms with E-state index in [1.165, 1.54) is 35.7 Å². The summed E-state index contributed by atoms with van der Waals surface area (Å²) in [5, 5.41) is 30.2. The van der Waals surface area contributed by atoms with Crippen LogP contribution in [0.2, 0.25) is 10.0 Å². The molecule has 0 saturated heterocycles. The lowest BCUT2D eigenvalue weighted by molar-refractivity contribution is 0.195. The van der Waals surface area contributed by atoms with Crippen molar-refractivity contribution in [3.05, 3.63) is 86.4 Å². The monoisotopic (exact) mass is 556 g/mol. The third-order valence-electron chi connectivity index (χ3n) is 5.58. The van der Waals surface area contributed by atoms with Crippen molar-refractivity contribution in [1.29, 1.82) is 5.26 Å². The Morgan fingerprint density at radius 2 is 2.03 bits per heavy atom. The molecule has 2 aromatic carbocycles. The molecular weight excluding hydrogens is 538 g/mol. The molecule has 0 bridgehead atoms. The molecule has 0 aliphatic carbocycles. The van der Waals surface area contributed by atoms with Gasteiger partial charge in [-0.2, -0.15) is 5.26 Å². The second kappa shape index (κ2) is 10.8. The van der Waals surface area contributed by atoms with Gasteiger partial charge < -0.3 is 21.2 Å². The normalized spacial score (nSPS) is 13.7. The number of hydrogen-bond donors (Lipinski definition) is 5. The number of aliphatic hydroxyl groups is 1. The van der Waals surface area contributed by atoms with E-state index in [0.29, 0.717) is 39.5 Å². The van der Waals surface area contributed by atoms with Gasteiger partial charge >= 0.3 is 0 Å². The van der Waals surface area contributed by atoms with Gasteiger partial charge in [0.1, 0.15) is 17.9 Å². The number of nitrogens with zero attached hydrogens (tertiary/aromatic N) is 4. The first-order valence-electron chi connectivity index (χ1n) is 11.0. The van der Waals surface area contributed by atoms with Crippen molar-refractivity contribution in [2.75, 3.05) is 23.8 Å². The molecule has 4 aromatic rings. The fourth-order valence-electron chi connectivity index (χ4n) is 3.87. The van der Waals surface area contributed by atoms with Gasteiger partial charge in [0.05, 0.1) is 56.9 Å². The fourth-order valence-corrected chi connectivity index (χ4v) is 4.89. The predicted octanol–water partition coefficient (Wildman–Crippen LogP) is 5.06. The summed E-state index contributed by atoms with van der Waals surface area (Å²) in [6.45, 7) is 0.379. The number of anilines is 3. The van der Waals surface area contributed by atoms with E-state index in [1.807, 2.05) is 17.6 Å². The zero-order valence-electron chi connectivity index (χ0n) is 19.0. The lowest BCUT2D eigenvalue weighted by atomic mass is 10.1. The Kier molecular flexibility index (Phi) is 7.27. The summed E-state index contributed by atoms with van der Waals surface area (Å²) in [5.74, 6) is -0.545. The molecule has 0 spiro atoms. The Hall–Kier alpha value is -3.66. The lowest BCUT2D eigenvalue weighted by Gasteiger charge is -2.20. The summed E-state index contributed by atoms with van der Waals surface area (Å²) >= 11 is 14.1. The maximum atomic E-state index is 13.7. The number of aromatic nitrogens is 2. The van der Waals surface area contributed by atoms with E-state index in [2.05, 4.69) is 37.6 Å². The first-order valence-corrected chi connectivity index (χ1v) is 12.7. The number of β-amino-alcohol motifs (C(OH)–C–C–N with tert-alkyl or cyclic N) is 1. The zero-order chi connectivity index (χ0) is 25.9. The number of halogens is 3. The number of thiazole rings is 1. The van der Waals surface area contributed by atoms with Crippen LogP contribution >= 0.6 is 34.5 Å². The Morgan fingerprint density at radius 1 is 1.19 bits per heavy atom. The number of rotatable bonds is 8. The largest absolute Gasteiger partial charge is 0.394 e. The second-order valence-corrected chi connectivity index (χ2v) is 9.53. The molecule has 13 heteroatoms. The van der Waals surface area contributed by atoms with Crippen LogP contribution in [0.5, 0.6) is 0 Å². The molecule has 3 heterocycles. The number of fused-ring (bicyclic) bond motifs is 1. The van der Waals surface area contributed by atoms with Crippen LogP contribution in [-0.4, -0.2) is 33.2 Å². The predicted molar refractivity (Wildman–Crippen MR) is 143 cm³/mol. The number of benzene rings is 2. The van der Waals surface area contributed by atoms with Crippen LogP contribution in [0.3, 0.4) is 0 Å². The first-order chi connectivity index (χ1) is 18.0. The fraction of sp³-hybridized carbons (Fsp3) is 0.125. The molecule has 37 heavy (non-hydrogen) atoms. The van der Waals surface area contributed by atoms with E-state index in [0.717, 1.165) is 11.4 Å². The van der Waals surface area contributed by atoms with Crippen LogP contribution in [0.15, 0.2) is 59.3 Å². The minimum absolute atomic E-state index is 0.0171. The topological polar surface area (TPSA) is 121 Å². The molecule has 1 aliphatic heterocycles. The molecule has 2 aromatic heterocycles. The Balaban J connectivity index is 1.56. The van der Waals surface area contributed by atoms with Crippen LogP contribution in [0.4, 0.5) is 21.5 Å².